The quantitative estimate of drug-likeness (QED) is 0.373. The molecule has 0 unspecified atom stereocenters. The van der Waals surface area contributed by atoms with Crippen molar-refractivity contribution < 1.29 is 14.3 Å². The number of primary amides is 1. The number of aliphatic hydroxyl groups is 1. The van der Waals surface area contributed by atoms with Gasteiger partial charge in [-0.15, -0.1) is 0 Å². The number of nitrogens with zero attached hydrogens (tertiary/aromatic N) is 4. The molecule has 0 aliphatic heterocycles. The summed E-state index contributed by atoms with van der Waals surface area (Å²) in [4.78, 5) is 25.5. The lowest BCUT2D eigenvalue weighted by atomic mass is 9.85. The van der Waals surface area contributed by atoms with Gasteiger partial charge in [0.15, 0.2) is 5.65 Å². The van der Waals surface area contributed by atoms with Crippen LogP contribution in [0.2, 0.25) is 10.0 Å². The van der Waals surface area contributed by atoms with Crippen LogP contribution in [0.3, 0.4) is 0 Å². The third-order valence-corrected chi connectivity index (χ3v) is 7.53. The van der Waals surface area contributed by atoms with Gasteiger partial charge in [0, 0.05) is 12.0 Å². The third kappa shape index (κ3) is 4.87. The minimum absolute atomic E-state index is 0.0177. The number of imidazole rings is 1. The summed E-state index contributed by atoms with van der Waals surface area (Å²) >= 11 is 12.5. The van der Waals surface area contributed by atoms with Crippen molar-refractivity contribution in [3.63, 3.8) is 0 Å². The number of rotatable bonds is 6. The molecule has 2 aliphatic carbocycles. The molecule has 12 heteroatoms. The number of nitrogens with one attached hydrogen (secondary N) is 2. The van der Waals surface area contributed by atoms with Crippen molar-refractivity contribution in [1.29, 1.82) is 0 Å². The molecule has 0 radical (unpaired) electrons. The fraction of sp³-hybridized carbons (Fsp3) is 0.478. The Morgan fingerprint density at radius 1 is 1.11 bits per heavy atom. The number of aliphatic hydroxyl groups excluding tert-OH is 1. The van der Waals surface area contributed by atoms with Gasteiger partial charge >= 0.3 is 0 Å². The summed E-state index contributed by atoms with van der Waals surface area (Å²) in [6, 6.07) is 2.23. The van der Waals surface area contributed by atoms with E-state index >= 15 is 0 Å². The van der Waals surface area contributed by atoms with Crippen LogP contribution in [0.4, 0.5) is 22.0 Å². The Labute approximate surface area is 211 Å². The molecule has 0 bridgehead atoms. The van der Waals surface area contributed by atoms with Gasteiger partial charge in [-0.1, -0.05) is 23.2 Å². The zero-order valence-corrected chi connectivity index (χ0v) is 20.4. The average molecular weight is 522 g/mol. The van der Waals surface area contributed by atoms with Gasteiger partial charge in [0.2, 0.25) is 17.8 Å². The predicted octanol–water partition coefficient (Wildman–Crippen LogP) is 4.56. The van der Waals surface area contributed by atoms with Crippen LogP contribution in [-0.2, 0) is 4.79 Å². The van der Waals surface area contributed by atoms with Crippen molar-refractivity contribution in [2.24, 2.45) is 11.7 Å². The van der Waals surface area contributed by atoms with E-state index in [4.69, 9.17) is 33.9 Å². The number of carbonyl (C=O) groups excluding carboxylic acids is 1. The lowest BCUT2D eigenvalue weighted by molar-refractivity contribution is -0.122. The van der Waals surface area contributed by atoms with Crippen LogP contribution in [0.5, 0.6) is 0 Å². The highest BCUT2D eigenvalue weighted by Gasteiger charge is 2.30. The average Bonchev–Trinajstić information content (AvgIpc) is 3.38. The predicted molar refractivity (Wildman–Crippen MR) is 132 cm³/mol. The molecule has 2 saturated carbocycles. The summed E-state index contributed by atoms with van der Waals surface area (Å²) < 4.78 is 15.7. The van der Waals surface area contributed by atoms with E-state index < -0.39 is 11.9 Å². The minimum Gasteiger partial charge on any atom is -0.391 e. The van der Waals surface area contributed by atoms with E-state index in [2.05, 4.69) is 20.6 Å². The second-order valence-electron chi connectivity index (χ2n) is 9.23. The highest BCUT2D eigenvalue weighted by atomic mass is 35.5. The first-order valence-corrected chi connectivity index (χ1v) is 12.5. The van der Waals surface area contributed by atoms with Gasteiger partial charge in [-0.2, -0.15) is 4.98 Å². The second kappa shape index (κ2) is 9.75. The topological polar surface area (TPSA) is 131 Å². The number of hydrogen-bond acceptors (Lipinski definition) is 7. The molecular weight excluding hydrogens is 496 g/mol. The van der Waals surface area contributed by atoms with Gasteiger partial charge < -0.3 is 21.5 Å². The van der Waals surface area contributed by atoms with E-state index in [0.29, 0.717) is 54.4 Å². The smallest absolute Gasteiger partial charge is 0.225 e. The summed E-state index contributed by atoms with van der Waals surface area (Å²) in [7, 11) is 0. The zero-order valence-electron chi connectivity index (χ0n) is 18.8. The lowest BCUT2D eigenvalue weighted by Gasteiger charge is -2.29. The minimum atomic E-state index is -0.542. The molecule has 2 aromatic heterocycles. The number of amides is 1. The normalized spacial score (nSPS) is 24.6. The highest BCUT2D eigenvalue weighted by Crippen LogP contribution is 2.39. The number of hydrogen-bond donors (Lipinski definition) is 4. The number of fused-ring (bicyclic) bond motifs is 1. The maximum Gasteiger partial charge on any atom is 0.225 e. The highest BCUT2D eigenvalue weighted by molar-refractivity contribution is 6.39. The van der Waals surface area contributed by atoms with Crippen LogP contribution in [0.1, 0.15) is 51.0 Å². The first-order valence-electron chi connectivity index (χ1n) is 11.7. The molecule has 9 nitrogen and oxygen atoms in total. The van der Waals surface area contributed by atoms with Gasteiger partial charge in [0.1, 0.15) is 11.3 Å². The Hall–Kier alpha value is -2.69. The Bertz CT molecular complexity index is 1240. The van der Waals surface area contributed by atoms with E-state index in [0.717, 1.165) is 19.3 Å². The molecule has 0 spiro atoms. The second-order valence-corrected chi connectivity index (χ2v) is 10.0. The fourth-order valence-corrected chi connectivity index (χ4v) is 5.62. The molecular formula is C23H26Cl2FN7O2. The summed E-state index contributed by atoms with van der Waals surface area (Å²) in [5.41, 5.74) is 7.00. The molecule has 186 valence electrons. The Morgan fingerprint density at radius 2 is 1.83 bits per heavy atom. The van der Waals surface area contributed by atoms with E-state index in [1.54, 1.807) is 6.20 Å². The number of halogens is 3. The van der Waals surface area contributed by atoms with E-state index in [1.807, 2.05) is 4.57 Å². The molecule has 5 N–H and O–H groups in total. The third-order valence-electron chi connectivity index (χ3n) is 6.93. The first kappa shape index (κ1) is 24.0. The van der Waals surface area contributed by atoms with Crippen molar-refractivity contribution >= 4 is 57.9 Å². The standard InChI is InChI=1S/C23H26Cl2FN7O2/c24-14-8-12(26)9-15(25)19(14)31-23-30-17-10-28-22(29-16-2-1-3-18(16)34)32-21(17)33(23)13-6-4-11(5-7-13)20(27)35/h8-11,13,16,18,34H,1-7H2,(H2,27,35)(H,30,31)(H,28,29,32)/t11?,13?,16-,18-/m0/s1. The monoisotopic (exact) mass is 521 g/mol. The van der Waals surface area contributed by atoms with Gasteiger partial charge in [0.05, 0.1) is 34.1 Å². The van der Waals surface area contributed by atoms with Crippen LogP contribution in [0.15, 0.2) is 18.3 Å². The summed E-state index contributed by atoms with van der Waals surface area (Å²) in [6.45, 7) is 0. The van der Waals surface area contributed by atoms with Gasteiger partial charge in [-0.3, -0.25) is 9.36 Å². The van der Waals surface area contributed by atoms with Crippen molar-refractivity contribution in [3.05, 3.63) is 34.2 Å². The number of benzene rings is 1. The van der Waals surface area contributed by atoms with E-state index in [1.165, 1.54) is 12.1 Å². The summed E-state index contributed by atoms with van der Waals surface area (Å²) in [5, 5.41) is 16.8. The Balaban J connectivity index is 1.54. The van der Waals surface area contributed by atoms with Gasteiger partial charge in [-0.05, 0) is 57.1 Å². The molecule has 0 saturated heterocycles. The molecule has 1 aromatic carbocycles. The van der Waals surface area contributed by atoms with E-state index in [9.17, 15) is 14.3 Å². The van der Waals surface area contributed by atoms with Crippen molar-refractivity contribution in [2.45, 2.75) is 63.1 Å². The van der Waals surface area contributed by atoms with Crippen molar-refractivity contribution in [3.8, 4) is 0 Å². The maximum absolute atomic E-state index is 13.7. The Kier molecular flexibility index (Phi) is 6.69. The summed E-state index contributed by atoms with van der Waals surface area (Å²) in [6.07, 6.45) is 6.42. The number of aromatic nitrogens is 4. The zero-order chi connectivity index (χ0) is 24.7. The van der Waals surface area contributed by atoms with Crippen LogP contribution < -0.4 is 16.4 Å². The van der Waals surface area contributed by atoms with Crippen LogP contribution in [0, 0.1) is 11.7 Å². The molecule has 2 aliphatic rings. The summed E-state index contributed by atoms with van der Waals surface area (Å²) in [5.74, 6) is -0.148. The molecule has 2 fully saturated rings. The van der Waals surface area contributed by atoms with Gasteiger partial charge in [-0.25, -0.2) is 14.4 Å². The molecule has 1 amide bonds. The largest absolute Gasteiger partial charge is 0.391 e. The number of nitrogens with two attached hydrogens (primary N) is 1. The molecule has 2 heterocycles. The fourth-order valence-electron chi connectivity index (χ4n) is 5.06. The number of anilines is 3. The maximum atomic E-state index is 13.7. The van der Waals surface area contributed by atoms with Crippen molar-refractivity contribution in [1.82, 2.24) is 19.5 Å². The van der Waals surface area contributed by atoms with Crippen LogP contribution in [0.25, 0.3) is 11.2 Å². The lowest BCUT2D eigenvalue weighted by Crippen LogP contribution is -2.29. The SMILES string of the molecule is NC(=O)C1CCC(n2c(Nc3c(Cl)cc(F)cc3Cl)nc3cnc(N[C@H]4CCC[C@@H]4O)nc32)CC1. The van der Waals surface area contributed by atoms with Crippen LogP contribution in [-0.4, -0.2) is 42.7 Å². The molecule has 3 aromatic rings. The van der Waals surface area contributed by atoms with Crippen LogP contribution >= 0.6 is 23.2 Å². The molecule has 35 heavy (non-hydrogen) atoms. The van der Waals surface area contributed by atoms with Crippen molar-refractivity contribution in [2.75, 3.05) is 10.6 Å². The molecule has 5 rings (SSSR count). The van der Waals surface area contributed by atoms with Gasteiger partial charge in [0.25, 0.3) is 0 Å². The Morgan fingerprint density at radius 3 is 2.46 bits per heavy atom. The van der Waals surface area contributed by atoms with E-state index in [-0.39, 0.29) is 34.0 Å². The first-order chi connectivity index (χ1) is 16.8. The number of carbonyl (C=O) groups is 1. The molecule has 2 atom stereocenters.